The maximum Gasteiger partial charge on any atom is 0.306 e. The zero-order chi connectivity index (χ0) is 15.1. The molecule has 0 unspecified atom stereocenters. The van der Waals surface area contributed by atoms with E-state index in [0.717, 1.165) is 18.5 Å². The Balaban J connectivity index is 2.63. The summed E-state index contributed by atoms with van der Waals surface area (Å²) in [6.07, 6.45) is 2.81. The van der Waals surface area contributed by atoms with E-state index in [1.54, 1.807) is 18.2 Å². The van der Waals surface area contributed by atoms with Gasteiger partial charge in [-0.2, -0.15) is 8.42 Å². The van der Waals surface area contributed by atoms with Gasteiger partial charge in [0.15, 0.2) is 0 Å². The average Bonchev–Trinajstić information content (AvgIpc) is 2.25. The van der Waals surface area contributed by atoms with E-state index in [1.165, 1.54) is 6.07 Å². The smallest absolute Gasteiger partial charge is 0.306 e. The summed E-state index contributed by atoms with van der Waals surface area (Å²) in [4.78, 5) is 2.08. The normalized spacial score (nSPS) is 17.4. The number of likely N-dealkylation sites (N-methyl/N-ethyl adjacent to an activating group) is 1. The standard InChI is InChI=1S/C14H19NO4S/c1-5-15-12-8-10(16)6-7-11(12)13(9-14(15,2)3)19-20(4,17)18/h6-9,16H,5H2,1-4H3. The Labute approximate surface area is 119 Å². The minimum absolute atomic E-state index is 0.138. The van der Waals surface area contributed by atoms with Crippen molar-refractivity contribution >= 4 is 21.6 Å². The van der Waals surface area contributed by atoms with Gasteiger partial charge < -0.3 is 14.2 Å². The van der Waals surface area contributed by atoms with E-state index in [-0.39, 0.29) is 5.75 Å². The lowest BCUT2D eigenvalue weighted by Gasteiger charge is -2.42. The molecule has 0 fully saturated rings. The fourth-order valence-electron chi connectivity index (χ4n) is 2.55. The van der Waals surface area contributed by atoms with Gasteiger partial charge in [0.2, 0.25) is 0 Å². The van der Waals surface area contributed by atoms with Crippen molar-refractivity contribution in [2.75, 3.05) is 17.7 Å². The van der Waals surface area contributed by atoms with Crippen molar-refractivity contribution in [3.8, 4) is 5.75 Å². The zero-order valence-corrected chi connectivity index (χ0v) is 12.9. The van der Waals surface area contributed by atoms with Gasteiger partial charge in [-0.1, -0.05) is 0 Å². The largest absolute Gasteiger partial charge is 0.508 e. The minimum atomic E-state index is -3.60. The molecule has 0 saturated heterocycles. The average molecular weight is 297 g/mol. The van der Waals surface area contributed by atoms with Gasteiger partial charge in [-0.3, -0.25) is 0 Å². The van der Waals surface area contributed by atoms with Crippen LogP contribution in [0.4, 0.5) is 5.69 Å². The zero-order valence-electron chi connectivity index (χ0n) is 12.0. The predicted molar refractivity (Wildman–Crippen MR) is 79.1 cm³/mol. The predicted octanol–water partition coefficient (Wildman–Crippen LogP) is 2.33. The summed E-state index contributed by atoms with van der Waals surface area (Å²) < 4.78 is 27.9. The lowest BCUT2D eigenvalue weighted by molar-refractivity contribution is 0.456. The van der Waals surface area contributed by atoms with Gasteiger partial charge in [-0.25, -0.2) is 0 Å². The van der Waals surface area contributed by atoms with E-state index in [4.69, 9.17) is 4.18 Å². The molecule has 1 N–H and O–H groups in total. The van der Waals surface area contributed by atoms with E-state index in [1.807, 2.05) is 20.8 Å². The molecule has 0 amide bonds. The van der Waals surface area contributed by atoms with Crippen LogP contribution in [0.2, 0.25) is 0 Å². The van der Waals surface area contributed by atoms with E-state index in [9.17, 15) is 13.5 Å². The van der Waals surface area contributed by atoms with Gasteiger partial charge >= 0.3 is 10.1 Å². The van der Waals surface area contributed by atoms with Crippen molar-refractivity contribution in [1.82, 2.24) is 0 Å². The van der Waals surface area contributed by atoms with Crippen molar-refractivity contribution < 1.29 is 17.7 Å². The fourth-order valence-corrected chi connectivity index (χ4v) is 3.01. The van der Waals surface area contributed by atoms with Crippen LogP contribution in [0.5, 0.6) is 5.75 Å². The summed E-state index contributed by atoms with van der Waals surface area (Å²) >= 11 is 0. The number of hydrogen-bond donors (Lipinski definition) is 1. The highest BCUT2D eigenvalue weighted by atomic mass is 32.2. The van der Waals surface area contributed by atoms with Crippen molar-refractivity contribution in [2.45, 2.75) is 26.3 Å². The summed E-state index contributed by atoms with van der Waals surface area (Å²) in [5.74, 6) is 0.441. The third kappa shape index (κ3) is 2.75. The Bertz CT molecular complexity index is 662. The van der Waals surface area contributed by atoms with E-state index in [0.29, 0.717) is 11.3 Å². The van der Waals surface area contributed by atoms with Crippen LogP contribution < -0.4 is 4.90 Å². The molecule has 0 aliphatic carbocycles. The molecule has 1 heterocycles. The van der Waals surface area contributed by atoms with Crippen LogP contribution >= 0.6 is 0 Å². The fraction of sp³-hybridized carbons (Fsp3) is 0.429. The third-order valence-electron chi connectivity index (χ3n) is 3.27. The second-order valence-electron chi connectivity index (χ2n) is 5.40. The first-order valence-electron chi connectivity index (χ1n) is 6.37. The Kier molecular flexibility index (Phi) is 3.46. The van der Waals surface area contributed by atoms with Gasteiger partial charge in [0, 0.05) is 18.2 Å². The van der Waals surface area contributed by atoms with Crippen LogP contribution in [0.1, 0.15) is 26.3 Å². The lowest BCUT2D eigenvalue weighted by atomic mass is 9.92. The van der Waals surface area contributed by atoms with Gasteiger partial charge in [0.1, 0.15) is 11.5 Å². The molecule has 0 radical (unpaired) electrons. The molecule has 0 aromatic heterocycles. The highest BCUT2D eigenvalue weighted by Gasteiger charge is 2.33. The van der Waals surface area contributed by atoms with Crippen molar-refractivity contribution in [1.29, 1.82) is 0 Å². The molecular formula is C14H19NO4S. The number of phenolic OH excluding ortho intramolecular Hbond substituents is 1. The summed E-state index contributed by atoms with van der Waals surface area (Å²) in [6.45, 7) is 6.67. The molecule has 0 spiro atoms. The molecule has 1 aliphatic heterocycles. The Hall–Kier alpha value is -1.69. The highest BCUT2D eigenvalue weighted by molar-refractivity contribution is 7.86. The molecule has 110 valence electrons. The quantitative estimate of drug-likeness (QED) is 0.867. The number of benzene rings is 1. The Morgan fingerprint density at radius 2 is 2.00 bits per heavy atom. The molecule has 0 saturated carbocycles. The molecule has 20 heavy (non-hydrogen) atoms. The summed E-state index contributed by atoms with van der Waals surface area (Å²) in [5.41, 5.74) is 1.02. The molecule has 5 nitrogen and oxygen atoms in total. The van der Waals surface area contributed by atoms with E-state index < -0.39 is 15.7 Å². The van der Waals surface area contributed by atoms with Gasteiger partial charge in [0.05, 0.1) is 17.5 Å². The van der Waals surface area contributed by atoms with Crippen molar-refractivity contribution in [2.24, 2.45) is 0 Å². The number of hydrogen-bond acceptors (Lipinski definition) is 5. The molecular weight excluding hydrogens is 278 g/mol. The van der Waals surface area contributed by atoms with Crippen LogP contribution in [0.3, 0.4) is 0 Å². The maximum atomic E-state index is 11.4. The molecule has 0 atom stereocenters. The summed E-state index contributed by atoms with van der Waals surface area (Å²) in [6, 6.07) is 4.81. The molecule has 2 rings (SSSR count). The summed E-state index contributed by atoms with van der Waals surface area (Å²) in [5, 5.41) is 9.69. The molecule has 1 aromatic rings. The number of nitrogens with zero attached hydrogens (tertiary/aromatic N) is 1. The third-order valence-corrected chi connectivity index (χ3v) is 3.76. The van der Waals surface area contributed by atoms with E-state index in [2.05, 4.69) is 4.90 Å². The molecule has 1 aliphatic rings. The molecule has 1 aromatic carbocycles. The van der Waals surface area contributed by atoms with Crippen LogP contribution in [-0.2, 0) is 14.3 Å². The van der Waals surface area contributed by atoms with Crippen LogP contribution in [0.25, 0.3) is 5.76 Å². The topological polar surface area (TPSA) is 66.8 Å². The number of phenols is 1. The minimum Gasteiger partial charge on any atom is -0.508 e. The van der Waals surface area contributed by atoms with Crippen LogP contribution in [0.15, 0.2) is 24.3 Å². The SMILES string of the molecule is CCN1c2cc(O)ccc2C(OS(C)(=O)=O)=CC1(C)C. The van der Waals surface area contributed by atoms with Gasteiger partial charge in [0.25, 0.3) is 0 Å². The number of aromatic hydroxyl groups is 1. The lowest BCUT2D eigenvalue weighted by Crippen LogP contribution is -2.45. The number of fused-ring (bicyclic) bond motifs is 1. The van der Waals surface area contributed by atoms with Gasteiger partial charge in [-0.15, -0.1) is 0 Å². The second kappa shape index (κ2) is 4.70. The molecule has 6 heteroatoms. The summed E-state index contributed by atoms with van der Waals surface area (Å²) in [7, 11) is -3.60. The van der Waals surface area contributed by atoms with Gasteiger partial charge in [-0.05, 0) is 39.0 Å². The number of rotatable bonds is 3. The monoisotopic (exact) mass is 297 g/mol. The van der Waals surface area contributed by atoms with Crippen molar-refractivity contribution in [3.63, 3.8) is 0 Å². The van der Waals surface area contributed by atoms with Crippen LogP contribution in [0, 0.1) is 0 Å². The first-order valence-corrected chi connectivity index (χ1v) is 8.19. The van der Waals surface area contributed by atoms with E-state index >= 15 is 0 Å². The van der Waals surface area contributed by atoms with Crippen LogP contribution in [-0.4, -0.2) is 31.9 Å². The first kappa shape index (κ1) is 14.7. The molecule has 0 bridgehead atoms. The maximum absolute atomic E-state index is 11.4. The second-order valence-corrected chi connectivity index (χ2v) is 6.97. The Morgan fingerprint density at radius 3 is 2.55 bits per heavy atom. The highest BCUT2D eigenvalue weighted by Crippen LogP contribution is 2.41. The Morgan fingerprint density at radius 1 is 1.35 bits per heavy atom. The number of anilines is 1. The first-order chi connectivity index (χ1) is 9.14. The van der Waals surface area contributed by atoms with Crippen molar-refractivity contribution in [3.05, 3.63) is 29.8 Å².